The summed E-state index contributed by atoms with van der Waals surface area (Å²) in [6.45, 7) is 5.99. The van der Waals surface area contributed by atoms with Crippen LogP contribution in [0.2, 0.25) is 0 Å². The number of halogens is 1. The molecule has 2 atom stereocenters. The van der Waals surface area contributed by atoms with Gasteiger partial charge in [-0.2, -0.15) is 0 Å². The molecule has 0 amide bonds. The SMILES string of the molecule is CCC(C)[C@H](N)c1ccc(F)c(C)c1. The molecule has 0 heterocycles. The van der Waals surface area contributed by atoms with E-state index in [4.69, 9.17) is 5.73 Å². The van der Waals surface area contributed by atoms with Crippen LogP contribution in [0.4, 0.5) is 4.39 Å². The van der Waals surface area contributed by atoms with E-state index in [1.807, 2.05) is 6.07 Å². The zero-order chi connectivity index (χ0) is 10.7. The average molecular weight is 195 g/mol. The van der Waals surface area contributed by atoms with Crippen molar-refractivity contribution in [1.29, 1.82) is 0 Å². The highest BCUT2D eigenvalue weighted by Gasteiger charge is 2.13. The number of rotatable bonds is 3. The molecule has 1 aromatic carbocycles. The predicted octanol–water partition coefficient (Wildman–Crippen LogP) is 3.18. The molecule has 0 saturated heterocycles. The fourth-order valence-electron chi connectivity index (χ4n) is 1.46. The van der Waals surface area contributed by atoms with Gasteiger partial charge in [-0.15, -0.1) is 0 Å². The van der Waals surface area contributed by atoms with Crippen LogP contribution in [-0.2, 0) is 0 Å². The van der Waals surface area contributed by atoms with Crippen molar-refractivity contribution < 1.29 is 4.39 Å². The topological polar surface area (TPSA) is 26.0 Å². The summed E-state index contributed by atoms with van der Waals surface area (Å²) in [6, 6.07) is 5.12. The molecule has 0 fully saturated rings. The second-order valence-corrected chi connectivity index (χ2v) is 3.92. The van der Waals surface area contributed by atoms with Gasteiger partial charge in [0.1, 0.15) is 5.82 Å². The maximum atomic E-state index is 13.0. The second-order valence-electron chi connectivity index (χ2n) is 3.92. The monoisotopic (exact) mass is 195 g/mol. The third kappa shape index (κ3) is 2.32. The smallest absolute Gasteiger partial charge is 0.126 e. The van der Waals surface area contributed by atoms with Crippen molar-refractivity contribution in [3.8, 4) is 0 Å². The predicted molar refractivity (Wildman–Crippen MR) is 57.5 cm³/mol. The van der Waals surface area contributed by atoms with Crippen molar-refractivity contribution in [2.24, 2.45) is 11.7 Å². The number of hydrogen-bond donors (Lipinski definition) is 1. The van der Waals surface area contributed by atoms with Gasteiger partial charge in [0.15, 0.2) is 0 Å². The Kier molecular flexibility index (Phi) is 3.64. The first-order chi connectivity index (χ1) is 6.56. The van der Waals surface area contributed by atoms with Crippen LogP contribution in [0.25, 0.3) is 0 Å². The van der Waals surface area contributed by atoms with Crippen LogP contribution in [-0.4, -0.2) is 0 Å². The first-order valence-corrected chi connectivity index (χ1v) is 5.08. The molecule has 0 aromatic heterocycles. The Morgan fingerprint density at radius 1 is 1.43 bits per heavy atom. The van der Waals surface area contributed by atoms with Crippen LogP contribution >= 0.6 is 0 Å². The lowest BCUT2D eigenvalue weighted by atomic mass is 9.92. The fraction of sp³-hybridized carbons (Fsp3) is 0.500. The van der Waals surface area contributed by atoms with Crippen molar-refractivity contribution in [3.63, 3.8) is 0 Å². The Morgan fingerprint density at radius 3 is 2.57 bits per heavy atom. The summed E-state index contributed by atoms with van der Waals surface area (Å²) in [5, 5.41) is 0. The summed E-state index contributed by atoms with van der Waals surface area (Å²) in [5.41, 5.74) is 7.74. The van der Waals surface area contributed by atoms with E-state index in [2.05, 4.69) is 13.8 Å². The standard InChI is InChI=1S/C12H18FN/c1-4-8(2)12(14)10-5-6-11(13)9(3)7-10/h5-8,12H,4,14H2,1-3H3/t8?,12-/m0/s1. The molecule has 1 nitrogen and oxygen atoms in total. The van der Waals surface area contributed by atoms with Crippen LogP contribution in [0.15, 0.2) is 18.2 Å². The first kappa shape index (κ1) is 11.2. The van der Waals surface area contributed by atoms with Crippen molar-refractivity contribution in [1.82, 2.24) is 0 Å². The van der Waals surface area contributed by atoms with E-state index < -0.39 is 0 Å². The lowest BCUT2D eigenvalue weighted by Gasteiger charge is -2.19. The molecule has 1 rings (SSSR count). The molecule has 0 spiro atoms. The van der Waals surface area contributed by atoms with Crippen LogP contribution in [0, 0.1) is 18.7 Å². The third-order valence-electron chi connectivity index (χ3n) is 2.82. The lowest BCUT2D eigenvalue weighted by molar-refractivity contribution is 0.456. The molecule has 1 unspecified atom stereocenters. The van der Waals surface area contributed by atoms with Gasteiger partial charge < -0.3 is 5.73 Å². The zero-order valence-corrected chi connectivity index (χ0v) is 9.05. The summed E-state index contributed by atoms with van der Waals surface area (Å²) in [6.07, 6.45) is 1.04. The van der Waals surface area contributed by atoms with Gasteiger partial charge in [0, 0.05) is 6.04 Å². The van der Waals surface area contributed by atoms with E-state index in [9.17, 15) is 4.39 Å². The van der Waals surface area contributed by atoms with Crippen molar-refractivity contribution >= 4 is 0 Å². The lowest BCUT2D eigenvalue weighted by Crippen LogP contribution is -2.18. The van der Waals surface area contributed by atoms with Gasteiger partial charge in [-0.3, -0.25) is 0 Å². The Bertz CT molecular complexity index is 309. The molecule has 0 saturated carbocycles. The number of nitrogens with two attached hydrogens (primary N) is 1. The van der Waals surface area contributed by atoms with Gasteiger partial charge in [-0.05, 0) is 30.0 Å². The quantitative estimate of drug-likeness (QED) is 0.787. The highest BCUT2D eigenvalue weighted by atomic mass is 19.1. The van der Waals surface area contributed by atoms with E-state index in [-0.39, 0.29) is 11.9 Å². The molecule has 2 N–H and O–H groups in total. The minimum absolute atomic E-state index is 0.0132. The molecule has 14 heavy (non-hydrogen) atoms. The maximum Gasteiger partial charge on any atom is 0.126 e. The van der Waals surface area contributed by atoms with Gasteiger partial charge in [-0.1, -0.05) is 32.4 Å². The summed E-state index contributed by atoms with van der Waals surface area (Å²) in [5.74, 6) is 0.268. The van der Waals surface area contributed by atoms with Gasteiger partial charge in [-0.25, -0.2) is 4.39 Å². The van der Waals surface area contributed by atoms with Crippen LogP contribution in [0.3, 0.4) is 0 Å². The molecule has 1 aromatic rings. The van der Waals surface area contributed by atoms with Gasteiger partial charge >= 0.3 is 0 Å². The van der Waals surface area contributed by atoms with Crippen molar-refractivity contribution in [2.75, 3.05) is 0 Å². The highest BCUT2D eigenvalue weighted by Crippen LogP contribution is 2.23. The van der Waals surface area contributed by atoms with Crippen molar-refractivity contribution in [2.45, 2.75) is 33.2 Å². The number of benzene rings is 1. The fourth-order valence-corrected chi connectivity index (χ4v) is 1.46. The molecule has 0 aliphatic rings. The van der Waals surface area contributed by atoms with Gasteiger partial charge in [0.25, 0.3) is 0 Å². The Labute approximate surface area is 85.1 Å². The molecule has 78 valence electrons. The van der Waals surface area contributed by atoms with Gasteiger partial charge in [0.05, 0.1) is 0 Å². The normalized spacial score (nSPS) is 15.2. The third-order valence-corrected chi connectivity index (χ3v) is 2.82. The highest BCUT2D eigenvalue weighted by molar-refractivity contribution is 5.26. The zero-order valence-electron chi connectivity index (χ0n) is 9.05. The minimum Gasteiger partial charge on any atom is -0.324 e. The average Bonchev–Trinajstić information content (AvgIpc) is 2.20. The van der Waals surface area contributed by atoms with Crippen molar-refractivity contribution in [3.05, 3.63) is 35.1 Å². The summed E-state index contributed by atoms with van der Waals surface area (Å²) in [4.78, 5) is 0. The number of aryl methyl sites for hydroxylation is 1. The Balaban J connectivity index is 2.91. The van der Waals surface area contributed by atoms with Crippen LogP contribution < -0.4 is 5.73 Å². The summed E-state index contributed by atoms with van der Waals surface area (Å²) in [7, 11) is 0. The van der Waals surface area contributed by atoms with E-state index >= 15 is 0 Å². The largest absolute Gasteiger partial charge is 0.324 e. The molecule has 0 aliphatic heterocycles. The Morgan fingerprint density at radius 2 is 2.07 bits per heavy atom. The maximum absolute atomic E-state index is 13.0. The summed E-state index contributed by atoms with van der Waals surface area (Å²) >= 11 is 0. The van der Waals surface area contributed by atoms with E-state index in [1.165, 1.54) is 6.07 Å². The summed E-state index contributed by atoms with van der Waals surface area (Å²) < 4.78 is 13.0. The van der Waals surface area contributed by atoms with Crippen LogP contribution in [0.5, 0.6) is 0 Å². The molecule has 0 bridgehead atoms. The van der Waals surface area contributed by atoms with E-state index in [0.29, 0.717) is 11.5 Å². The first-order valence-electron chi connectivity index (χ1n) is 5.08. The Hall–Kier alpha value is -0.890. The van der Waals surface area contributed by atoms with Crippen LogP contribution in [0.1, 0.15) is 37.4 Å². The second kappa shape index (κ2) is 4.56. The molecular formula is C12H18FN. The molecule has 2 heteroatoms. The molecular weight excluding hydrogens is 177 g/mol. The molecule has 0 aliphatic carbocycles. The minimum atomic E-state index is -0.162. The van der Waals surface area contributed by atoms with E-state index in [0.717, 1.165) is 12.0 Å². The van der Waals surface area contributed by atoms with E-state index in [1.54, 1.807) is 13.0 Å². The molecule has 0 radical (unpaired) electrons. The van der Waals surface area contributed by atoms with Gasteiger partial charge in [0.2, 0.25) is 0 Å². The number of hydrogen-bond acceptors (Lipinski definition) is 1.